The van der Waals surface area contributed by atoms with Crippen LogP contribution in [0.15, 0.2) is 43.0 Å². The number of sulfonamides is 1. The van der Waals surface area contributed by atoms with E-state index in [4.69, 9.17) is 14.6 Å². The molecule has 150 valence electrons. The molecule has 4 aromatic rings. The van der Waals surface area contributed by atoms with Gasteiger partial charge < -0.3 is 14.0 Å². The Morgan fingerprint density at radius 3 is 2.41 bits per heavy atom. The minimum Gasteiger partial charge on any atom is -0.493 e. The molecule has 0 atom stereocenters. The van der Waals surface area contributed by atoms with Gasteiger partial charge in [-0.05, 0) is 17.7 Å². The lowest BCUT2D eigenvalue weighted by Crippen LogP contribution is -2.14. The van der Waals surface area contributed by atoms with Gasteiger partial charge in [0, 0.05) is 17.6 Å². The highest BCUT2D eigenvalue weighted by molar-refractivity contribution is 7.88. The van der Waals surface area contributed by atoms with Crippen LogP contribution in [0.25, 0.3) is 21.9 Å². The van der Waals surface area contributed by atoms with Crippen LogP contribution in [0.1, 0.15) is 11.3 Å². The number of nitrogens with zero attached hydrogens (tertiary/aromatic N) is 4. The summed E-state index contributed by atoms with van der Waals surface area (Å²) in [4.78, 5) is 13.3. The van der Waals surface area contributed by atoms with Gasteiger partial charge in [-0.3, -0.25) is 9.97 Å². The van der Waals surface area contributed by atoms with Crippen LogP contribution in [0, 0.1) is 0 Å². The Hall–Kier alpha value is -3.24. The Bertz CT molecular complexity index is 1300. The molecule has 0 spiro atoms. The smallest absolute Gasteiger partial charge is 0.213 e. The molecular weight excluding hydrogens is 394 g/mol. The van der Waals surface area contributed by atoms with Crippen molar-refractivity contribution in [3.05, 3.63) is 54.2 Å². The molecule has 2 N–H and O–H groups in total. The Kier molecular flexibility index (Phi) is 4.81. The predicted octanol–water partition coefficient (Wildman–Crippen LogP) is 1.83. The zero-order valence-corrected chi connectivity index (χ0v) is 16.7. The fraction of sp³-hybridized carbons (Fsp3) is 0.211. The Labute approximate surface area is 167 Å². The average Bonchev–Trinajstić information content (AvgIpc) is 3.10. The van der Waals surface area contributed by atoms with E-state index in [1.165, 1.54) is 6.20 Å². The third kappa shape index (κ3) is 3.84. The van der Waals surface area contributed by atoms with Gasteiger partial charge in [0.1, 0.15) is 5.52 Å². The van der Waals surface area contributed by atoms with Crippen LogP contribution in [0.4, 0.5) is 0 Å². The number of aromatic nitrogens is 4. The number of hydrogen-bond acceptors (Lipinski definition) is 7. The fourth-order valence-corrected chi connectivity index (χ4v) is 3.88. The maximum absolute atomic E-state index is 11.2. The molecule has 29 heavy (non-hydrogen) atoms. The summed E-state index contributed by atoms with van der Waals surface area (Å²) in [5, 5.41) is 5.96. The molecule has 10 heteroatoms. The standard InChI is InChI=1S/C19H19N5O4S/c1-27-17-5-14-15(6-18(17)28-2)22-8-16-19(14)24(11-23-16)9-13-4-3-12(7-21-13)10-29(20,25)26/h3-8,11H,9-10H2,1-2H3,(H2,20,25,26). The zero-order valence-electron chi connectivity index (χ0n) is 15.9. The molecule has 4 rings (SSSR count). The lowest BCUT2D eigenvalue weighted by molar-refractivity contribution is 0.356. The molecule has 1 aromatic carbocycles. The van der Waals surface area contributed by atoms with E-state index in [0.29, 0.717) is 23.6 Å². The maximum atomic E-state index is 11.2. The van der Waals surface area contributed by atoms with Gasteiger partial charge in [0.05, 0.1) is 55.8 Å². The van der Waals surface area contributed by atoms with Crippen LogP contribution in [-0.2, 0) is 22.3 Å². The number of nitrogens with two attached hydrogens (primary N) is 1. The second kappa shape index (κ2) is 7.30. The number of methoxy groups -OCH3 is 2. The minimum atomic E-state index is -3.59. The number of ether oxygens (including phenoxy) is 2. The zero-order chi connectivity index (χ0) is 20.6. The van der Waals surface area contributed by atoms with Crippen molar-refractivity contribution in [1.82, 2.24) is 19.5 Å². The van der Waals surface area contributed by atoms with Crippen molar-refractivity contribution in [2.75, 3.05) is 14.2 Å². The van der Waals surface area contributed by atoms with Gasteiger partial charge in [0.15, 0.2) is 11.5 Å². The molecule has 0 aliphatic heterocycles. The number of pyridine rings is 2. The summed E-state index contributed by atoms with van der Waals surface area (Å²) < 4.78 is 35.2. The SMILES string of the molecule is COc1cc2ncc3ncn(Cc4ccc(CS(N)(=O)=O)cn4)c3c2cc1OC. The highest BCUT2D eigenvalue weighted by Crippen LogP contribution is 2.34. The van der Waals surface area contributed by atoms with Crippen molar-refractivity contribution in [3.63, 3.8) is 0 Å². The molecule has 3 heterocycles. The Balaban J connectivity index is 1.75. The summed E-state index contributed by atoms with van der Waals surface area (Å²) in [6, 6.07) is 7.19. The summed E-state index contributed by atoms with van der Waals surface area (Å²) in [6.45, 7) is 0.458. The molecule has 0 radical (unpaired) electrons. The number of hydrogen-bond donors (Lipinski definition) is 1. The first-order chi connectivity index (χ1) is 13.9. The molecule has 3 aromatic heterocycles. The summed E-state index contributed by atoms with van der Waals surface area (Å²) >= 11 is 0. The number of fused-ring (bicyclic) bond motifs is 3. The van der Waals surface area contributed by atoms with Gasteiger partial charge in [-0.1, -0.05) is 6.07 Å². The molecule has 0 unspecified atom stereocenters. The summed E-state index contributed by atoms with van der Waals surface area (Å²) in [7, 11) is -0.424. The van der Waals surface area contributed by atoms with Crippen LogP contribution >= 0.6 is 0 Å². The van der Waals surface area contributed by atoms with E-state index in [0.717, 1.165) is 27.6 Å². The van der Waals surface area contributed by atoms with Gasteiger partial charge in [-0.25, -0.2) is 18.5 Å². The number of rotatable bonds is 6. The van der Waals surface area contributed by atoms with E-state index < -0.39 is 10.0 Å². The third-order valence-electron chi connectivity index (χ3n) is 4.54. The average molecular weight is 413 g/mol. The largest absolute Gasteiger partial charge is 0.493 e. The number of benzene rings is 1. The third-order valence-corrected chi connectivity index (χ3v) is 5.27. The minimum absolute atomic E-state index is 0.244. The van der Waals surface area contributed by atoms with E-state index in [9.17, 15) is 8.42 Å². The predicted molar refractivity (Wildman–Crippen MR) is 108 cm³/mol. The second-order valence-corrected chi connectivity index (χ2v) is 8.17. The second-order valence-electron chi connectivity index (χ2n) is 6.55. The molecule has 0 saturated carbocycles. The van der Waals surface area contributed by atoms with Crippen LogP contribution in [0.2, 0.25) is 0 Å². The molecule has 0 aliphatic carbocycles. The Morgan fingerprint density at radius 1 is 1.00 bits per heavy atom. The fourth-order valence-electron chi connectivity index (χ4n) is 3.24. The molecule has 9 nitrogen and oxygen atoms in total. The van der Waals surface area contributed by atoms with Gasteiger partial charge in [0.25, 0.3) is 0 Å². The topological polar surface area (TPSA) is 122 Å². The highest BCUT2D eigenvalue weighted by atomic mass is 32.2. The quantitative estimate of drug-likeness (QED) is 0.512. The van der Waals surface area contributed by atoms with Crippen molar-refractivity contribution in [2.24, 2.45) is 5.14 Å². The van der Waals surface area contributed by atoms with Crippen molar-refractivity contribution in [2.45, 2.75) is 12.3 Å². The summed E-state index contributed by atoms with van der Waals surface area (Å²) in [5.74, 6) is 0.962. The number of primary sulfonamides is 1. The van der Waals surface area contributed by atoms with Crippen molar-refractivity contribution in [1.29, 1.82) is 0 Å². The van der Waals surface area contributed by atoms with Gasteiger partial charge >= 0.3 is 0 Å². The summed E-state index contributed by atoms with van der Waals surface area (Å²) in [6.07, 6.45) is 4.96. The molecule has 0 fully saturated rings. The molecule has 0 saturated heterocycles. The van der Waals surface area contributed by atoms with Gasteiger partial charge in [0.2, 0.25) is 10.0 Å². The molecular formula is C19H19N5O4S. The van der Waals surface area contributed by atoms with Crippen LogP contribution in [0.3, 0.4) is 0 Å². The lowest BCUT2D eigenvalue weighted by atomic mass is 10.1. The van der Waals surface area contributed by atoms with Crippen LogP contribution in [0.5, 0.6) is 11.5 Å². The maximum Gasteiger partial charge on any atom is 0.213 e. The van der Waals surface area contributed by atoms with E-state index >= 15 is 0 Å². The van der Waals surface area contributed by atoms with E-state index in [2.05, 4.69) is 15.0 Å². The highest BCUT2D eigenvalue weighted by Gasteiger charge is 2.14. The summed E-state index contributed by atoms with van der Waals surface area (Å²) in [5.41, 5.74) is 3.70. The first kappa shape index (κ1) is 19.1. The van der Waals surface area contributed by atoms with Crippen molar-refractivity contribution < 1.29 is 17.9 Å². The van der Waals surface area contributed by atoms with E-state index in [1.54, 1.807) is 38.9 Å². The first-order valence-electron chi connectivity index (χ1n) is 8.68. The Morgan fingerprint density at radius 2 is 1.76 bits per heavy atom. The van der Waals surface area contributed by atoms with Crippen molar-refractivity contribution in [3.8, 4) is 11.5 Å². The molecule has 0 bridgehead atoms. The van der Waals surface area contributed by atoms with E-state index in [1.807, 2.05) is 16.7 Å². The number of imidazole rings is 1. The van der Waals surface area contributed by atoms with Gasteiger partial charge in [-0.2, -0.15) is 0 Å². The normalized spacial score (nSPS) is 11.8. The van der Waals surface area contributed by atoms with Crippen molar-refractivity contribution >= 4 is 32.0 Å². The molecule has 0 aliphatic rings. The van der Waals surface area contributed by atoms with Crippen LogP contribution in [-0.4, -0.2) is 42.2 Å². The monoisotopic (exact) mass is 413 g/mol. The van der Waals surface area contributed by atoms with E-state index in [-0.39, 0.29) is 5.75 Å². The molecule has 0 amide bonds. The lowest BCUT2D eigenvalue weighted by Gasteiger charge is -2.11. The van der Waals surface area contributed by atoms with Crippen LogP contribution < -0.4 is 14.6 Å². The first-order valence-corrected chi connectivity index (χ1v) is 10.4. The van der Waals surface area contributed by atoms with Gasteiger partial charge in [-0.15, -0.1) is 0 Å².